The maximum Gasteiger partial charge on any atom is 0.417 e. The van der Waals surface area contributed by atoms with Gasteiger partial charge in [-0.15, -0.1) is 0 Å². The predicted molar refractivity (Wildman–Crippen MR) is 67.8 cm³/mol. The first-order valence-electron chi connectivity index (χ1n) is 5.91. The molecule has 0 bridgehead atoms. The average molecular weight is 339 g/mol. The van der Waals surface area contributed by atoms with Crippen molar-refractivity contribution < 1.29 is 22.6 Å². The second-order valence-corrected chi connectivity index (χ2v) is 5.25. The van der Waals surface area contributed by atoms with Gasteiger partial charge in [-0.25, -0.2) is 0 Å². The van der Waals surface area contributed by atoms with Crippen molar-refractivity contribution in [2.75, 3.05) is 7.11 Å². The van der Waals surface area contributed by atoms with E-state index in [4.69, 9.17) is 9.47 Å². The van der Waals surface area contributed by atoms with Gasteiger partial charge >= 0.3 is 6.18 Å². The van der Waals surface area contributed by atoms with Crippen molar-refractivity contribution in [3.8, 4) is 0 Å². The van der Waals surface area contributed by atoms with Gasteiger partial charge in [0.05, 0.1) is 11.7 Å². The summed E-state index contributed by atoms with van der Waals surface area (Å²) in [7, 11) is 1.53. The van der Waals surface area contributed by atoms with Gasteiger partial charge in [-0.1, -0.05) is 6.07 Å². The Morgan fingerprint density at radius 1 is 1.37 bits per heavy atom. The Labute approximate surface area is 118 Å². The lowest BCUT2D eigenvalue weighted by Gasteiger charge is -2.19. The van der Waals surface area contributed by atoms with Crippen LogP contribution in [0, 0.1) is 0 Å². The van der Waals surface area contributed by atoms with Gasteiger partial charge in [-0.3, -0.25) is 0 Å². The molecule has 0 saturated heterocycles. The van der Waals surface area contributed by atoms with E-state index in [2.05, 4.69) is 15.9 Å². The molecule has 0 amide bonds. The van der Waals surface area contributed by atoms with Crippen LogP contribution in [-0.2, 0) is 22.1 Å². The highest BCUT2D eigenvalue weighted by atomic mass is 79.9. The molecule has 19 heavy (non-hydrogen) atoms. The molecule has 106 valence electrons. The van der Waals surface area contributed by atoms with Crippen LogP contribution < -0.4 is 0 Å². The Morgan fingerprint density at radius 2 is 2.05 bits per heavy atom. The van der Waals surface area contributed by atoms with Crippen LogP contribution in [0.25, 0.3) is 0 Å². The van der Waals surface area contributed by atoms with E-state index >= 15 is 0 Å². The lowest BCUT2D eigenvalue weighted by molar-refractivity contribution is -0.145. The number of ether oxygens (including phenoxy) is 2. The van der Waals surface area contributed by atoms with Crippen LogP contribution >= 0.6 is 15.9 Å². The summed E-state index contributed by atoms with van der Waals surface area (Å²) in [6.07, 6.45) is -3.68. The number of hydrogen-bond donors (Lipinski definition) is 0. The molecular weight excluding hydrogens is 325 g/mol. The molecule has 2 nitrogen and oxygen atoms in total. The first-order chi connectivity index (χ1) is 8.84. The van der Waals surface area contributed by atoms with Gasteiger partial charge in [0.1, 0.15) is 0 Å². The second kappa shape index (κ2) is 5.42. The van der Waals surface area contributed by atoms with Gasteiger partial charge in [0.2, 0.25) is 0 Å². The van der Waals surface area contributed by atoms with Crippen molar-refractivity contribution in [1.82, 2.24) is 0 Å². The third-order valence-corrected chi connectivity index (χ3v) is 4.18. The molecule has 0 saturated carbocycles. The van der Waals surface area contributed by atoms with E-state index < -0.39 is 11.7 Å². The summed E-state index contributed by atoms with van der Waals surface area (Å²) in [5.74, 6) is 0. The molecule has 2 atom stereocenters. The van der Waals surface area contributed by atoms with Crippen molar-refractivity contribution in [3.63, 3.8) is 0 Å². The first-order valence-corrected chi connectivity index (χ1v) is 6.70. The fraction of sp³-hybridized carbons (Fsp3) is 0.538. The van der Waals surface area contributed by atoms with Crippen LogP contribution in [0.4, 0.5) is 13.2 Å². The molecule has 2 rings (SSSR count). The highest BCUT2D eigenvalue weighted by molar-refractivity contribution is 9.10. The zero-order chi connectivity index (χ0) is 14.2. The minimum Gasteiger partial charge on any atom is -0.356 e. The topological polar surface area (TPSA) is 18.5 Å². The Kier molecular flexibility index (Phi) is 4.23. The normalized spacial score (nSPS) is 20.4. The highest BCUT2D eigenvalue weighted by Crippen LogP contribution is 2.44. The maximum atomic E-state index is 12.8. The van der Waals surface area contributed by atoms with E-state index in [0.29, 0.717) is 18.4 Å². The number of halogens is 4. The Balaban J connectivity index is 2.32. The molecule has 1 aromatic rings. The molecule has 0 spiro atoms. The fourth-order valence-corrected chi connectivity index (χ4v) is 3.05. The zero-order valence-electron chi connectivity index (χ0n) is 10.6. The molecule has 6 heteroatoms. The largest absolute Gasteiger partial charge is 0.417 e. The van der Waals surface area contributed by atoms with Gasteiger partial charge in [0.15, 0.2) is 6.29 Å². The lowest BCUT2D eigenvalue weighted by Crippen LogP contribution is -2.14. The number of rotatable bonds is 3. The molecule has 0 fully saturated rings. The van der Waals surface area contributed by atoms with Crippen LogP contribution in [0.15, 0.2) is 16.6 Å². The minimum absolute atomic E-state index is 0.133. The van der Waals surface area contributed by atoms with E-state index in [9.17, 15) is 13.2 Å². The first kappa shape index (κ1) is 14.8. The van der Waals surface area contributed by atoms with E-state index in [1.165, 1.54) is 13.2 Å². The molecule has 0 aliphatic heterocycles. The zero-order valence-corrected chi connectivity index (χ0v) is 12.1. The van der Waals surface area contributed by atoms with Crippen molar-refractivity contribution >= 4 is 15.9 Å². The van der Waals surface area contributed by atoms with Gasteiger partial charge in [0, 0.05) is 11.6 Å². The molecule has 1 aliphatic carbocycles. The SMILES string of the molecule is COC(C)O[C@@H]1CCc2c1ccc(C(F)(F)F)c2Br. The number of hydrogen-bond acceptors (Lipinski definition) is 2. The molecule has 1 aliphatic rings. The van der Waals surface area contributed by atoms with Crippen molar-refractivity contribution in [1.29, 1.82) is 0 Å². The summed E-state index contributed by atoms with van der Waals surface area (Å²) in [4.78, 5) is 0. The quantitative estimate of drug-likeness (QED) is 0.757. The monoisotopic (exact) mass is 338 g/mol. The summed E-state index contributed by atoms with van der Waals surface area (Å²) < 4.78 is 49.2. The second-order valence-electron chi connectivity index (χ2n) is 4.46. The van der Waals surface area contributed by atoms with Crippen molar-refractivity contribution in [2.24, 2.45) is 0 Å². The molecular formula is C13H14BrF3O2. The van der Waals surface area contributed by atoms with E-state index in [1.807, 2.05) is 0 Å². The maximum absolute atomic E-state index is 12.8. The molecule has 0 radical (unpaired) electrons. The summed E-state index contributed by atoms with van der Waals surface area (Å²) in [6, 6.07) is 2.60. The van der Waals surface area contributed by atoms with Crippen LogP contribution in [0.1, 0.15) is 36.1 Å². The van der Waals surface area contributed by atoms with Crippen molar-refractivity contribution in [3.05, 3.63) is 33.3 Å². The van der Waals surface area contributed by atoms with E-state index in [1.54, 1.807) is 6.92 Å². The minimum atomic E-state index is -4.34. The van der Waals surface area contributed by atoms with E-state index in [-0.39, 0.29) is 16.9 Å². The number of benzene rings is 1. The number of methoxy groups -OCH3 is 1. The summed E-state index contributed by atoms with van der Waals surface area (Å²) in [5.41, 5.74) is 0.860. The third kappa shape index (κ3) is 2.95. The third-order valence-electron chi connectivity index (χ3n) is 3.28. The summed E-state index contributed by atoms with van der Waals surface area (Å²) >= 11 is 3.07. The van der Waals surface area contributed by atoms with Crippen LogP contribution in [0.3, 0.4) is 0 Å². The van der Waals surface area contributed by atoms with E-state index in [0.717, 1.165) is 11.6 Å². The average Bonchev–Trinajstić information content (AvgIpc) is 2.72. The Hall–Kier alpha value is -0.590. The van der Waals surface area contributed by atoms with Gasteiger partial charge < -0.3 is 9.47 Å². The molecule has 0 heterocycles. The Morgan fingerprint density at radius 3 is 2.63 bits per heavy atom. The molecule has 0 N–H and O–H groups in total. The predicted octanol–water partition coefficient (Wildman–Crippen LogP) is 4.46. The lowest BCUT2D eigenvalue weighted by atomic mass is 10.1. The number of fused-ring (bicyclic) bond motifs is 1. The van der Waals surface area contributed by atoms with Crippen LogP contribution in [0.2, 0.25) is 0 Å². The molecule has 1 unspecified atom stereocenters. The molecule has 1 aromatic carbocycles. The number of alkyl halides is 3. The van der Waals surface area contributed by atoms with Crippen LogP contribution in [0.5, 0.6) is 0 Å². The van der Waals surface area contributed by atoms with Gasteiger partial charge in [-0.05, 0) is 52.9 Å². The van der Waals surface area contributed by atoms with Crippen molar-refractivity contribution in [2.45, 2.75) is 38.3 Å². The highest BCUT2D eigenvalue weighted by Gasteiger charge is 2.36. The van der Waals surface area contributed by atoms with Crippen LogP contribution in [-0.4, -0.2) is 13.4 Å². The summed E-state index contributed by atoms with van der Waals surface area (Å²) in [6.45, 7) is 1.76. The summed E-state index contributed by atoms with van der Waals surface area (Å²) in [5, 5.41) is 0. The fourth-order valence-electron chi connectivity index (χ4n) is 2.27. The van der Waals surface area contributed by atoms with Gasteiger partial charge in [-0.2, -0.15) is 13.2 Å². The standard InChI is InChI=1S/C13H14BrF3O2/c1-7(18-2)19-11-6-4-9-8(11)3-5-10(12(9)14)13(15,16)17/h3,5,7,11H,4,6H2,1-2H3/t7?,11-/m1/s1. The molecule has 0 aromatic heterocycles. The Bertz CT molecular complexity index is 474. The smallest absolute Gasteiger partial charge is 0.356 e. The van der Waals surface area contributed by atoms with Gasteiger partial charge in [0.25, 0.3) is 0 Å².